The van der Waals surface area contributed by atoms with E-state index >= 15 is 0 Å². The average molecular weight is 327 g/mol. The minimum atomic E-state index is 0.393. The van der Waals surface area contributed by atoms with Gasteiger partial charge in [-0.2, -0.15) is 0 Å². The molecule has 5 aliphatic rings. The predicted molar refractivity (Wildman–Crippen MR) is 97.5 cm³/mol. The summed E-state index contributed by atoms with van der Waals surface area (Å²) in [6.45, 7) is 12.9. The van der Waals surface area contributed by atoms with Crippen LogP contribution in [0.1, 0.15) is 79.6 Å². The summed E-state index contributed by atoms with van der Waals surface area (Å²) in [5, 5.41) is 0. The van der Waals surface area contributed by atoms with Crippen LogP contribution in [0, 0.1) is 45.3 Å². The number of ketones is 1. The maximum Gasteiger partial charge on any atom is 0.155 e. The molecule has 0 aromatic heterocycles. The molecule has 4 fully saturated rings. The molecule has 0 aromatic rings. The van der Waals surface area contributed by atoms with Gasteiger partial charge in [-0.05, 0) is 89.9 Å². The molecule has 5 unspecified atom stereocenters. The molecule has 1 spiro atoms. The van der Waals surface area contributed by atoms with Gasteiger partial charge in [0.25, 0.3) is 0 Å². The Morgan fingerprint density at radius 3 is 2.58 bits per heavy atom. The van der Waals surface area contributed by atoms with Gasteiger partial charge < -0.3 is 0 Å². The van der Waals surface area contributed by atoms with Crippen LogP contribution in [0.25, 0.3) is 0 Å². The smallest absolute Gasteiger partial charge is 0.155 e. The zero-order valence-corrected chi connectivity index (χ0v) is 16.2. The molecule has 0 bridgehead atoms. The largest absolute Gasteiger partial charge is 0.295 e. The lowest BCUT2D eigenvalue weighted by Gasteiger charge is -2.60. The van der Waals surface area contributed by atoms with Gasteiger partial charge in [0.2, 0.25) is 0 Å². The standard InChI is InChI=1S/C23H34O/c1-14-10-15-11-16(24)6-7-17(15)18-8-9-22(5)20(2,3)12-21(4)13-23(21,22)19(14)18/h11,14,17-19H,6-10,12-13H2,1-5H3/t14?,17-,18?,19?,21?,22+,23?/m0/s1. The number of fused-ring (bicyclic) bond motifs is 3. The van der Waals surface area contributed by atoms with E-state index in [0.717, 1.165) is 36.5 Å². The first-order valence-electron chi connectivity index (χ1n) is 10.4. The zero-order valence-electron chi connectivity index (χ0n) is 16.2. The molecule has 132 valence electrons. The van der Waals surface area contributed by atoms with Crippen LogP contribution in [0.3, 0.4) is 0 Å². The molecule has 0 N–H and O–H groups in total. The van der Waals surface area contributed by atoms with E-state index in [1.54, 1.807) is 0 Å². The SMILES string of the molecule is CC1CC2=CC(=O)CC[C@@H]2C2CC[C@]3(C)C(C)(C)CC4(C)CC43C12. The number of rotatable bonds is 0. The number of hydrogen-bond donors (Lipinski definition) is 0. The van der Waals surface area contributed by atoms with Crippen molar-refractivity contribution in [3.05, 3.63) is 11.6 Å². The van der Waals surface area contributed by atoms with Crippen LogP contribution in [0.4, 0.5) is 0 Å². The minimum Gasteiger partial charge on any atom is -0.295 e. The number of carbonyl (C=O) groups excluding carboxylic acids is 1. The second-order valence-electron chi connectivity index (χ2n) is 11.3. The van der Waals surface area contributed by atoms with E-state index in [1.165, 1.54) is 37.7 Å². The lowest BCUT2D eigenvalue weighted by Crippen LogP contribution is -2.54. The van der Waals surface area contributed by atoms with E-state index in [1.807, 2.05) is 0 Å². The summed E-state index contributed by atoms with van der Waals surface area (Å²) in [6.07, 6.45) is 10.9. The molecule has 5 aliphatic carbocycles. The summed E-state index contributed by atoms with van der Waals surface area (Å²) in [5.41, 5.74) is 3.73. The molecule has 24 heavy (non-hydrogen) atoms. The van der Waals surface area contributed by atoms with Gasteiger partial charge in [0, 0.05) is 6.42 Å². The van der Waals surface area contributed by atoms with E-state index in [0.29, 0.717) is 27.4 Å². The van der Waals surface area contributed by atoms with Gasteiger partial charge in [-0.15, -0.1) is 0 Å². The fourth-order valence-electron chi connectivity index (χ4n) is 9.30. The topological polar surface area (TPSA) is 17.1 Å². The van der Waals surface area contributed by atoms with Crippen LogP contribution in [-0.2, 0) is 4.79 Å². The van der Waals surface area contributed by atoms with E-state index in [4.69, 9.17) is 0 Å². The number of hydrogen-bond acceptors (Lipinski definition) is 1. The zero-order chi connectivity index (χ0) is 17.1. The number of allylic oxidation sites excluding steroid dienone is 1. The van der Waals surface area contributed by atoms with Crippen molar-refractivity contribution in [2.45, 2.75) is 79.6 Å². The van der Waals surface area contributed by atoms with Crippen molar-refractivity contribution in [3.63, 3.8) is 0 Å². The summed E-state index contributed by atoms with van der Waals surface area (Å²) in [5.74, 6) is 3.65. The lowest BCUT2D eigenvalue weighted by molar-refractivity contribution is -0.118. The third kappa shape index (κ3) is 1.49. The van der Waals surface area contributed by atoms with Crippen LogP contribution in [0.15, 0.2) is 11.6 Å². The number of carbonyl (C=O) groups is 1. The Hall–Kier alpha value is -0.590. The predicted octanol–water partition coefficient (Wildman–Crippen LogP) is 5.79. The molecule has 0 saturated heterocycles. The Morgan fingerprint density at radius 2 is 1.83 bits per heavy atom. The Balaban J connectivity index is 1.61. The first-order valence-corrected chi connectivity index (χ1v) is 10.4. The van der Waals surface area contributed by atoms with Crippen LogP contribution in [0.5, 0.6) is 0 Å². The van der Waals surface area contributed by atoms with E-state index in [2.05, 4.69) is 40.7 Å². The second-order valence-corrected chi connectivity index (χ2v) is 11.3. The minimum absolute atomic E-state index is 0.393. The molecule has 5 rings (SSSR count). The summed E-state index contributed by atoms with van der Waals surface area (Å²) < 4.78 is 0. The van der Waals surface area contributed by atoms with Crippen molar-refractivity contribution in [2.24, 2.45) is 45.3 Å². The average Bonchev–Trinajstić information content (AvgIpc) is 3.02. The molecular formula is C23H34O. The fourth-order valence-corrected chi connectivity index (χ4v) is 9.30. The van der Waals surface area contributed by atoms with Gasteiger partial charge in [-0.3, -0.25) is 4.79 Å². The Kier molecular flexibility index (Phi) is 2.74. The molecular weight excluding hydrogens is 292 g/mol. The molecule has 0 radical (unpaired) electrons. The van der Waals surface area contributed by atoms with Crippen molar-refractivity contribution >= 4 is 5.78 Å². The molecule has 0 heterocycles. The quantitative estimate of drug-likeness (QED) is 0.550. The van der Waals surface area contributed by atoms with Crippen LogP contribution in [0.2, 0.25) is 0 Å². The highest BCUT2D eigenvalue weighted by atomic mass is 16.1. The molecule has 4 saturated carbocycles. The van der Waals surface area contributed by atoms with Crippen molar-refractivity contribution in [3.8, 4) is 0 Å². The lowest BCUT2D eigenvalue weighted by atomic mass is 9.44. The summed E-state index contributed by atoms with van der Waals surface area (Å²) >= 11 is 0. The molecule has 1 nitrogen and oxygen atoms in total. The molecule has 1 heteroatoms. The maximum absolute atomic E-state index is 11.9. The summed E-state index contributed by atoms with van der Waals surface area (Å²) in [4.78, 5) is 11.9. The maximum atomic E-state index is 11.9. The van der Waals surface area contributed by atoms with Crippen LogP contribution in [-0.4, -0.2) is 5.78 Å². The van der Waals surface area contributed by atoms with Gasteiger partial charge in [-0.1, -0.05) is 40.2 Å². The highest BCUT2D eigenvalue weighted by Crippen LogP contribution is 2.91. The molecule has 7 atom stereocenters. The van der Waals surface area contributed by atoms with E-state index < -0.39 is 0 Å². The van der Waals surface area contributed by atoms with Crippen molar-refractivity contribution < 1.29 is 4.79 Å². The molecule has 0 aromatic carbocycles. The van der Waals surface area contributed by atoms with Crippen LogP contribution >= 0.6 is 0 Å². The van der Waals surface area contributed by atoms with Gasteiger partial charge in [0.15, 0.2) is 5.78 Å². The van der Waals surface area contributed by atoms with Crippen LogP contribution < -0.4 is 0 Å². The fraction of sp³-hybridized carbons (Fsp3) is 0.870. The van der Waals surface area contributed by atoms with E-state index in [-0.39, 0.29) is 0 Å². The molecule has 0 amide bonds. The third-order valence-corrected chi connectivity index (χ3v) is 10.2. The van der Waals surface area contributed by atoms with Gasteiger partial charge in [0.05, 0.1) is 0 Å². The third-order valence-electron chi connectivity index (χ3n) is 10.2. The highest BCUT2D eigenvalue weighted by molar-refractivity contribution is 5.91. The first kappa shape index (κ1) is 15.6. The highest BCUT2D eigenvalue weighted by Gasteiger charge is 2.84. The van der Waals surface area contributed by atoms with Gasteiger partial charge in [0.1, 0.15) is 0 Å². The summed E-state index contributed by atoms with van der Waals surface area (Å²) in [7, 11) is 0. The molecule has 0 aliphatic heterocycles. The first-order chi connectivity index (χ1) is 11.2. The summed E-state index contributed by atoms with van der Waals surface area (Å²) in [6, 6.07) is 0. The Bertz CT molecular complexity index is 657. The van der Waals surface area contributed by atoms with Gasteiger partial charge >= 0.3 is 0 Å². The Labute approximate surface area is 147 Å². The monoisotopic (exact) mass is 326 g/mol. The van der Waals surface area contributed by atoms with Crippen molar-refractivity contribution in [1.29, 1.82) is 0 Å². The van der Waals surface area contributed by atoms with Crippen molar-refractivity contribution in [2.75, 3.05) is 0 Å². The van der Waals surface area contributed by atoms with Crippen molar-refractivity contribution in [1.82, 2.24) is 0 Å². The Morgan fingerprint density at radius 1 is 1.08 bits per heavy atom. The second kappa shape index (κ2) is 4.21. The van der Waals surface area contributed by atoms with Gasteiger partial charge in [-0.25, -0.2) is 0 Å². The van der Waals surface area contributed by atoms with E-state index in [9.17, 15) is 4.79 Å². The normalized spacial score (nSPS) is 57.4.